The lowest BCUT2D eigenvalue weighted by Crippen LogP contribution is -2.40. The van der Waals surface area contributed by atoms with Crippen molar-refractivity contribution in [3.8, 4) is 0 Å². The van der Waals surface area contributed by atoms with Gasteiger partial charge < -0.3 is 33.2 Å². The molecule has 0 saturated carbocycles. The standard InChI is InChI=1S/C22H40O9/c1-4-7-23-16-20-17-24-12-14-28-21(2)5-8-30-31-9-6-22(3,29-15-13-27-20)19-26-11-10-25-18-21/h4,20H,1,5-19H2,2-3H3. The van der Waals surface area contributed by atoms with E-state index in [1.807, 2.05) is 13.8 Å². The Labute approximate surface area is 186 Å². The average Bonchev–Trinajstić information content (AvgIpc) is 2.75. The first-order chi connectivity index (χ1) is 15.1. The Morgan fingerprint density at radius 1 is 0.806 bits per heavy atom. The van der Waals surface area contributed by atoms with Crippen LogP contribution in [0.1, 0.15) is 26.7 Å². The number of hydrogen-bond donors (Lipinski definition) is 0. The van der Waals surface area contributed by atoms with Crippen LogP contribution < -0.4 is 0 Å². The van der Waals surface area contributed by atoms with Crippen molar-refractivity contribution in [2.24, 2.45) is 0 Å². The fourth-order valence-electron chi connectivity index (χ4n) is 3.19. The van der Waals surface area contributed by atoms with Gasteiger partial charge in [0, 0.05) is 12.8 Å². The third kappa shape index (κ3) is 11.7. The van der Waals surface area contributed by atoms with E-state index in [9.17, 15) is 0 Å². The highest BCUT2D eigenvalue weighted by Crippen LogP contribution is 2.20. The molecule has 0 spiro atoms. The van der Waals surface area contributed by atoms with E-state index in [0.29, 0.717) is 98.7 Å². The summed E-state index contributed by atoms with van der Waals surface area (Å²) in [4.78, 5) is 10.7. The van der Waals surface area contributed by atoms with Gasteiger partial charge in [-0.3, -0.25) is 0 Å². The summed E-state index contributed by atoms with van der Waals surface area (Å²) >= 11 is 0. The van der Waals surface area contributed by atoms with Crippen molar-refractivity contribution in [1.82, 2.24) is 0 Å². The normalized spacial score (nSPS) is 33.8. The van der Waals surface area contributed by atoms with Crippen molar-refractivity contribution < 1.29 is 42.9 Å². The monoisotopic (exact) mass is 448 g/mol. The molecule has 3 aliphatic heterocycles. The summed E-state index contributed by atoms with van der Waals surface area (Å²) < 4.78 is 41.1. The predicted octanol–water partition coefficient (Wildman–Crippen LogP) is 1.93. The third-order valence-electron chi connectivity index (χ3n) is 5.11. The SMILES string of the molecule is C=CCOCC1COCCOC2(C)CCOOCCC(C)(COCCOC2)OCCO1. The Balaban J connectivity index is 2.02. The van der Waals surface area contributed by atoms with Crippen molar-refractivity contribution in [2.45, 2.75) is 44.0 Å². The van der Waals surface area contributed by atoms with Crippen LogP contribution in [0.3, 0.4) is 0 Å². The van der Waals surface area contributed by atoms with Gasteiger partial charge in [-0.15, -0.1) is 6.58 Å². The minimum atomic E-state index is -0.523. The maximum absolute atomic E-state index is 6.11. The van der Waals surface area contributed by atoms with Crippen LogP contribution in [0.4, 0.5) is 0 Å². The number of hydrogen-bond acceptors (Lipinski definition) is 9. The molecule has 182 valence electrons. The predicted molar refractivity (Wildman–Crippen MR) is 113 cm³/mol. The van der Waals surface area contributed by atoms with Gasteiger partial charge in [0.15, 0.2) is 0 Å². The largest absolute Gasteiger partial charge is 0.376 e. The van der Waals surface area contributed by atoms with Crippen LogP contribution in [-0.2, 0) is 42.9 Å². The van der Waals surface area contributed by atoms with Gasteiger partial charge in [0.05, 0.1) is 97.1 Å². The highest BCUT2D eigenvalue weighted by molar-refractivity contribution is 4.77. The number of rotatable bonds is 4. The van der Waals surface area contributed by atoms with Gasteiger partial charge in [-0.1, -0.05) is 6.08 Å². The van der Waals surface area contributed by atoms with Crippen molar-refractivity contribution in [3.05, 3.63) is 12.7 Å². The molecule has 0 N–H and O–H groups in total. The van der Waals surface area contributed by atoms with Crippen LogP contribution in [-0.4, -0.2) is 103 Å². The molecule has 0 radical (unpaired) electrons. The van der Waals surface area contributed by atoms with Gasteiger partial charge in [-0.2, -0.15) is 0 Å². The quantitative estimate of drug-likeness (QED) is 0.277. The molecule has 9 nitrogen and oxygen atoms in total. The molecule has 0 amide bonds. The van der Waals surface area contributed by atoms with Crippen molar-refractivity contribution in [2.75, 3.05) is 85.9 Å². The lowest BCUT2D eigenvalue weighted by Gasteiger charge is -2.32. The molecule has 3 unspecified atom stereocenters. The van der Waals surface area contributed by atoms with E-state index in [4.69, 9.17) is 42.9 Å². The zero-order valence-electron chi connectivity index (χ0n) is 19.1. The Hall–Kier alpha value is -0.620. The van der Waals surface area contributed by atoms with Crippen molar-refractivity contribution in [1.29, 1.82) is 0 Å². The van der Waals surface area contributed by atoms with E-state index in [2.05, 4.69) is 6.58 Å². The molecule has 3 saturated heterocycles. The molecule has 0 aromatic heterocycles. The lowest BCUT2D eigenvalue weighted by molar-refractivity contribution is -0.307. The molecule has 3 atom stereocenters. The van der Waals surface area contributed by atoms with Gasteiger partial charge in [0.1, 0.15) is 6.10 Å². The Kier molecular flexibility index (Phi) is 13.1. The molecule has 0 aliphatic carbocycles. The van der Waals surface area contributed by atoms with Crippen LogP contribution in [0.2, 0.25) is 0 Å². The minimum absolute atomic E-state index is 0.199. The van der Waals surface area contributed by atoms with E-state index >= 15 is 0 Å². The summed E-state index contributed by atoms with van der Waals surface area (Å²) in [5, 5.41) is 0. The Bertz CT molecular complexity index is 458. The molecule has 3 heterocycles. The van der Waals surface area contributed by atoms with Gasteiger partial charge in [-0.05, 0) is 13.8 Å². The lowest BCUT2D eigenvalue weighted by atomic mass is 10.0. The number of fused-ring (bicyclic) bond motifs is 19. The van der Waals surface area contributed by atoms with E-state index in [1.54, 1.807) is 6.08 Å². The second-order valence-corrected chi connectivity index (χ2v) is 8.24. The first-order valence-corrected chi connectivity index (χ1v) is 11.1. The smallest absolute Gasteiger partial charge is 0.104 e. The first-order valence-electron chi connectivity index (χ1n) is 11.1. The van der Waals surface area contributed by atoms with Gasteiger partial charge in [0.25, 0.3) is 0 Å². The summed E-state index contributed by atoms with van der Waals surface area (Å²) in [5.41, 5.74) is -1.03. The van der Waals surface area contributed by atoms with Crippen molar-refractivity contribution >= 4 is 0 Å². The molecule has 3 rings (SSSR count). The second-order valence-electron chi connectivity index (χ2n) is 8.24. The Morgan fingerprint density at radius 2 is 1.39 bits per heavy atom. The summed E-state index contributed by atoms with van der Waals surface area (Å²) in [7, 11) is 0. The third-order valence-corrected chi connectivity index (χ3v) is 5.11. The first kappa shape index (κ1) is 26.6. The molecule has 31 heavy (non-hydrogen) atoms. The van der Waals surface area contributed by atoms with Gasteiger partial charge >= 0.3 is 0 Å². The molecule has 3 fully saturated rings. The van der Waals surface area contributed by atoms with Crippen LogP contribution in [0.5, 0.6) is 0 Å². The summed E-state index contributed by atoms with van der Waals surface area (Å²) in [5.74, 6) is 0. The molecule has 2 bridgehead atoms. The molecule has 9 heteroatoms. The van der Waals surface area contributed by atoms with E-state index < -0.39 is 11.2 Å². The van der Waals surface area contributed by atoms with Crippen LogP contribution >= 0.6 is 0 Å². The fraction of sp³-hybridized carbons (Fsp3) is 0.909. The number of ether oxygens (including phenoxy) is 7. The average molecular weight is 449 g/mol. The van der Waals surface area contributed by atoms with E-state index in [-0.39, 0.29) is 6.10 Å². The summed E-state index contributed by atoms with van der Waals surface area (Å²) in [6, 6.07) is 0. The molecular weight excluding hydrogens is 408 g/mol. The van der Waals surface area contributed by atoms with Crippen LogP contribution in [0, 0.1) is 0 Å². The topological polar surface area (TPSA) is 83.1 Å². The van der Waals surface area contributed by atoms with Gasteiger partial charge in [0.2, 0.25) is 0 Å². The molecule has 0 aromatic carbocycles. The highest BCUT2D eigenvalue weighted by Gasteiger charge is 2.28. The second kappa shape index (κ2) is 15.3. The van der Waals surface area contributed by atoms with Crippen molar-refractivity contribution in [3.63, 3.8) is 0 Å². The zero-order valence-corrected chi connectivity index (χ0v) is 19.1. The minimum Gasteiger partial charge on any atom is -0.376 e. The summed E-state index contributed by atoms with van der Waals surface area (Å²) in [6.07, 6.45) is 2.76. The highest BCUT2D eigenvalue weighted by atomic mass is 17.2. The maximum atomic E-state index is 6.11. The zero-order chi connectivity index (χ0) is 22.3. The molecular formula is C22H40O9. The van der Waals surface area contributed by atoms with Crippen LogP contribution in [0.25, 0.3) is 0 Å². The molecule has 3 aliphatic rings. The van der Waals surface area contributed by atoms with Gasteiger partial charge in [-0.25, -0.2) is 9.78 Å². The van der Waals surface area contributed by atoms with E-state index in [1.165, 1.54) is 0 Å². The van der Waals surface area contributed by atoms with Crippen LogP contribution in [0.15, 0.2) is 12.7 Å². The van der Waals surface area contributed by atoms with E-state index in [0.717, 1.165) is 0 Å². The summed E-state index contributed by atoms with van der Waals surface area (Å²) in [6.45, 7) is 13.3. The maximum Gasteiger partial charge on any atom is 0.104 e. The Morgan fingerprint density at radius 3 is 2.00 bits per heavy atom. The fourth-order valence-corrected chi connectivity index (χ4v) is 3.19. The molecule has 0 aromatic rings.